The highest BCUT2D eigenvalue weighted by molar-refractivity contribution is 6.32. The summed E-state index contributed by atoms with van der Waals surface area (Å²) in [6.07, 6.45) is -4.71. The number of hydrogen-bond acceptors (Lipinski definition) is 3. The number of pyridine rings is 1. The van der Waals surface area contributed by atoms with E-state index in [-0.39, 0.29) is 16.1 Å². The number of hydrogen-bond donors (Lipinski definition) is 1. The maximum absolute atomic E-state index is 12.0. The summed E-state index contributed by atoms with van der Waals surface area (Å²) in [5.74, 6) is -0.297. The molecule has 0 atom stereocenters. The number of anilines is 2. The van der Waals surface area contributed by atoms with Crippen molar-refractivity contribution in [2.45, 2.75) is 6.36 Å². The molecular formula is C12H7Cl2F3N2O. The first-order valence-corrected chi connectivity index (χ1v) is 6.03. The summed E-state index contributed by atoms with van der Waals surface area (Å²) in [7, 11) is 0. The summed E-state index contributed by atoms with van der Waals surface area (Å²) >= 11 is 11.5. The number of benzene rings is 1. The third-order valence-electron chi connectivity index (χ3n) is 2.14. The minimum Gasteiger partial charge on any atom is -0.406 e. The number of rotatable bonds is 3. The summed E-state index contributed by atoms with van der Waals surface area (Å²) in [5, 5.41) is 3.34. The fourth-order valence-electron chi connectivity index (χ4n) is 1.44. The van der Waals surface area contributed by atoms with Crippen molar-refractivity contribution >= 4 is 34.6 Å². The third-order valence-corrected chi connectivity index (χ3v) is 2.53. The molecule has 8 heteroatoms. The van der Waals surface area contributed by atoms with Gasteiger partial charge in [0.2, 0.25) is 0 Å². The number of ether oxygens (including phenoxy) is 1. The van der Waals surface area contributed by atoms with Gasteiger partial charge in [-0.15, -0.1) is 13.2 Å². The van der Waals surface area contributed by atoms with E-state index < -0.39 is 6.36 Å². The summed E-state index contributed by atoms with van der Waals surface area (Å²) < 4.78 is 39.8. The molecule has 1 heterocycles. The Bertz CT molecular complexity index is 582. The van der Waals surface area contributed by atoms with Crippen LogP contribution in [-0.4, -0.2) is 11.3 Å². The van der Waals surface area contributed by atoms with Gasteiger partial charge in [-0.3, -0.25) is 0 Å². The van der Waals surface area contributed by atoms with E-state index in [9.17, 15) is 13.2 Å². The molecule has 0 aliphatic rings. The summed E-state index contributed by atoms with van der Waals surface area (Å²) in [6.45, 7) is 0. The molecule has 0 unspecified atom stereocenters. The van der Waals surface area contributed by atoms with E-state index in [0.717, 1.165) is 0 Å². The van der Waals surface area contributed by atoms with Gasteiger partial charge < -0.3 is 10.1 Å². The predicted octanol–water partition coefficient (Wildman–Crippen LogP) is 5.03. The SMILES string of the molecule is FC(F)(F)Oc1ccc(Nc2cc(Cl)nc(Cl)c2)cc1. The van der Waals surface area contributed by atoms with Crippen LogP contribution >= 0.6 is 23.2 Å². The topological polar surface area (TPSA) is 34.1 Å². The first-order chi connectivity index (χ1) is 9.32. The summed E-state index contributed by atoms with van der Waals surface area (Å²) in [5.41, 5.74) is 1.12. The van der Waals surface area contributed by atoms with Gasteiger partial charge in [-0.05, 0) is 36.4 Å². The van der Waals surface area contributed by atoms with Gasteiger partial charge >= 0.3 is 6.36 Å². The Labute approximate surface area is 122 Å². The molecule has 0 spiro atoms. The predicted molar refractivity (Wildman–Crippen MR) is 70.7 cm³/mol. The molecule has 106 valence electrons. The van der Waals surface area contributed by atoms with Crippen molar-refractivity contribution in [1.82, 2.24) is 4.98 Å². The minimum atomic E-state index is -4.71. The van der Waals surface area contributed by atoms with Crippen LogP contribution in [-0.2, 0) is 0 Å². The quantitative estimate of drug-likeness (QED) is 0.805. The molecule has 0 bridgehead atoms. The number of alkyl halides is 3. The Kier molecular flexibility index (Phi) is 4.25. The molecule has 0 saturated heterocycles. The maximum atomic E-state index is 12.0. The normalized spacial score (nSPS) is 11.2. The molecule has 0 aliphatic heterocycles. The standard InChI is InChI=1S/C12H7Cl2F3N2O/c13-10-5-8(6-11(14)19-10)18-7-1-3-9(4-2-7)20-12(15,16)17/h1-6H,(H,18,19). The lowest BCUT2D eigenvalue weighted by molar-refractivity contribution is -0.274. The monoisotopic (exact) mass is 322 g/mol. The average Bonchev–Trinajstić information content (AvgIpc) is 2.28. The lowest BCUT2D eigenvalue weighted by Crippen LogP contribution is -2.16. The molecule has 1 N–H and O–H groups in total. The molecule has 1 aromatic carbocycles. The van der Waals surface area contributed by atoms with Gasteiger partial charge in [0.15, 0.2) is 0 Å². The van der Waals surface area contributed by atoms with E-state index in [1.54, 1.807) is 0 Å². The van der Waals surface area contributed by atoms with Crippen LogP contribution in [0, 0.1) is 0 Å². The van der Waals surface area contributed by atoms with Crippen LogP contribution in [0.15, 0.2) is 36.4 Å². The second-order valence-corrected chi connectivity index (χ2v) is 4.47. The van der Waals surface area contributed by atoms with Crippen LogP contribution in [0.2, 0.25) is 10.3 Å². The molecule has 20 heavy (non-hydrogen) atoms. The molecule has 1 aromatic heterocycles. The second kappa shape index (κ2) is 5.76. The van der Waals surface area contributed by atoms with E-state index in [4.69, 9.17) is 23.2 Å². The zero-order chi connectivity index (χ0) is 14.8. The Morgan fingerprint density at radius 3 is 2.00 bits per heavy atom. The van der Waals surface area contributed by atoms with E-state index in [0.29, 0.717) is 11.4 Å². The summed E-state index contributed by atoms with van der Waals surface area (Å²) in [6, 6.07) is 8.33. The zero-order valence-corrected chi connectivity index (χ0v) is 11.2. The van der Waals surface area contributed by atoms with Gasteiger partial charge in [0.1, 0.15) is 16.1 Å². The van der Waals surface area contributed by atoms with Gasteiger partial charge in [-0.2, -0.15) is 0 Å². The number of aromatic nitrogens is 1. The highest BCUT2D eigenvalue weighted by Gasteiger charge is 2.30. The molecule has 0 fully saturated rings. The van der Waals surface area contributed by atoms with Crippen LogP contribution in [0.4, 0.5) is 24.5 Å². The van der Waals surface area contributed by atoms with E-state index in [2.05, 4.69) is 15.0 Å². The zero-order valence-electron chi connectivity index (χ0n) is 9.71. The van der Waals surface area contributed by atoms with Gasteiger partial charge in [0, 0.05) is 11.4 Å². The fraction of sp³-hybridized carbons (Fsp3) is 0.0833. The van der Waals surface area contributed by atoms with Crippen molar-refractivity contribution in [3.63, 3.8) is 0 Å². The van der Waals surface area contributed by atoms with Crippen LogP contribution in [0.5, 0.6) is 5.75 Å². The van der Waals surface area contributed by atoms with E-state index in [1.165, 1.54) is 36.4 Å². The second-order valence-electron chi connectivity index (χ2n) is 3.70. The lowest BCUT2D eigenvalue weighted by atomic mass is 10.3. The maximum Gasteiger partial charge on any atom is 0.573 e. The van der Waals surface area contributed by atoms with Crippen molar-refractivity contribution in [3.8, 4) is 5.75 Å². The highest BCUT2D eigenvalue weighted by atomic mass is 35.5. The molecule has 2 rings (SSSR count). The van der Waals surface area contributed by atoms with Crippen molar-refractivity contribution < 1.29 is 17.9 Å². The lowest BCUT2D eigenvalue weighted by Gasteiger charge is -2.10. The molecule has 0 amide bonds. The van der Waals surface area contributed by atoms with Crippen LogP contribution in [0.25, 0.3) is 0 Å². The van der Waals surface area contributed by atoms with Gasteiger partial charge in [0.25, 0.3) is 0 Å². The van der Waals surface area contributed by atoms with Crippen LogP contribution in [0.3, 0.4) is 0 Å². The van der Waals surface area contributed by atoms with Crippen LogP contribution < -0.4 is 10.1 Å². The summed E-state index contributed by atoms with van der Waals surface area (Å²) in [4.78, 5) is 3.78. The highest BCUT2D eigenvalue weighted by Crippen LogP contribution is 2.26. The first-order valence-electron chi connectivity index (χ1n) is 5.28. The third kappa shape index (κ3) is 4.47. The largest absolute Gasteiger partial charge is 0.573 e. The first kappa shape index (κ1) is 14.7. The van der Waals surface area contributed by atoms with Crippen molar-refractivity contribution in [2.24, 2.45) is 0 Å². The smallest absolute Gasteiger partial charge is 0.406 e. The Hall–Kier alpha value is -1.66. The van der Waals surface area contributed by atoms with Gasteiger partial charge in [-0.1, -0.05) is 23.2 Å². The Morgan fingerprint density at radius 1 is 0.950 bits per heavy atom. The molecular weight excluding hydrogens is 316 g/mol. The molecule has 0 radical (unpaired) electrons. The Balaban J connectivity index is 2.10. The fourth-order valence-corrected chi connectivity index (χ4v) is 1.90. The van der Waals surface area contributed by atoms with Crippen molar-refractivity contribution in [1.29, 1.82) is 0 Å². The van der Waals surface area contributed by atoms with Gasteiger partial charge in [0.05, 0.1) is 0 Å². The molecule has 0 aliphatic carbocycles. The molecule has 3 nitrogen and oxygen atoms in total. The minimum absolute atomic E-state index is 0.206. The van der Waals surface area contributed by atoms with Gasteiger partial charge in [-0.25, -0.2) is 4.98 Å². The number of nitrogens with zero attached hydrogens (tertiary/aromatic N) is 1. The number of nitrogens with one attached hydrogen (secondary N) is 1. The molecule has 2 aromatic rings. The van der Waals surface area contributed by atoms with Crippen molar-refractivity contribution in [2.75, 3.05) is 5.32 Å². The molecule has 0 saturated carbocycles. The van der Waals surface area contributed by atoms with Crippen molar-refractivity contribution in [3.05, 3.63) is 46.7 Å². The average molecular weight is 323 g/mol. The van der Waals surface area contributed by atoms with E-state index >= 15 is 0 Å². The van der Waals surface area contributed by atoms with Crippen LogP contribution in [0.1, 0.15) is 0 Å². The van der Waals surface area contributed by atoms with E-state index in [1.807, 2.05) is 0 Å². The Morgan fingerprint density at radius 2 is 1.50 bits per heavy atom. The number of halogens is 5.